The molecule has 9 nitrogen and oxygen atoms in total. The van der Waals surface area contributed by atoms with E-state index in [0.717, 1.165) is 28.8 Å². The molecule has 0 saturated carbocycles. The van der Waals surface area contributed by atoms with Gasteiger partial charge >= 0.3 is 5.97 Å². The first kappa shape index (κ1) is 33.6. The molecule has 2 amide bonds. The van der Waals surface area contributed by atoms with Gasteiger partial charge in [-0.05, 0) is 73.1 Å². The van der Waals surface area contributed by atoms with Crippen LogP contribution in [0, 0.1) is 10.1 Å². The number of nitrogens with one attached hydrogen (secondary N) is 2. The number of fused-ring (bicyclic) bond motifs is 1. The second kappa shape index (κ2) is 15.3. The van der Waals surface area contributed by atoms with Crippen molar-refractivity contribution < 1.29 is 24.0 Å². The molecule has 0 saturated heterocycles. The van der Waals surface area contributed by atoms with Crippen molar-refractivity contribution in [1.82, 2.24) is 0 Å². The fourth-order valence-corrected chi connectivity index (χ4v) is 8.33. The number of nitro benzene ring substituents is 1. The van der Waals surface area contributed by atoms with Crippen LogP contribution in [0.1, 0.15) is 66.8 Å². The third-order valence-corrected chi connectivity index (χ3v) is 10.7. The number of carbonyl (C=O) groups is 3. The van der Waals surface area contributed by atoms with Gasteiger partial charge in [0, 0.05) is 33.2 Å². The van der Waals surface area contributed by atoms with Crippen LogP contribution in [0.3, 0.4) is 0 Å². The highest BCUT2D eigenvalue weighted by Crippen LogP contribution is 2.44. The summed E-state index contributed by atoms with van der Waals surface area (Å²) in [6, 6.07) is 32.3. The van der Waals surface area contributed by atoms with Gasteiger partial charge in [-0.1, -0.05) is 72.8 Å². The maximum Gasteiger partial charge on any atom is 0.341 e. The van der Waals surface area contributed by atoms with Crippen LogP contribution in [-0.2, 0) is 22.4 Å². The highest BCUT2D eigenvalue weighted by molar-refractivity contribution is 8.00. The number of thiophene rings is 1. The molecular weight excluding hydrogens is 659 g/mol. The number of nitro groups is 1. The van der Waals surface area contributed by atoms with Crippen LogP contribution in [0.4, 0.5) is 16.4 Å². The molecule has 2 N–H and O–H groups in total. The van der Waals surface area contributed by atoms with Crippen molar-refractivity contribution in [3.05, 3.63) is 152 Å². The second-order valence-corrected chi connectivity index (χ2v) is 13.7. The predicted molar refractivity (Wildman–Crippen MR) is 193 cm³/mol. The van der Waals surface area contributed by atoms with Crippen molar-refractivity contribution >= 4 is 57.3 Å². The van der Waals surface area contributed by atoms with Crippen LogP contribution >= 0.6 is 23.1 Å². The van der Waals surface area contributed by atoms with Gasteiger partial charge in [0.25, 0.3) is 11.6 Å². The summed E-state index contributed by atoms with van der Waals surface area (Å²) in [5, 5.41) is 16.9. The van der Waals surface area contributed by atoms with Gasteiger partial charge in [-0.25, -0.2) is 4.79 Å². The number of rotatable bonds is 11. The van der Waals surface area contributed by atoms with Crippen LogP contribution in [0.25, 0.3) is 0 Å². The molecular formula is C38H33N3O6S2. The first-order chi connectivity index (χ1) is 23.8. The topological polar surface area (TPSA) is 128 Å². The molecule has 11 heteroatoms. The maximum atomic E-state index is 14.2. The van der Waals surface area contributed by atoms with Crippen LogP contribution < -0.4 is 10.6 Å². The molecule has 248 valence electrons. The van der Waals surface area contributed by atoms with E-state index in [-0.39, 0.29) is 23.8 Å². The number of carbonyl (C=O) groups excluding carboxylic acids is 3. The average molecular weight is 692 g/mol. The minimum Gasteiger partial charge on any atom is -0.462 e. The van der Waals surface area contributed by atoms with Crippen molar-refractivity contribution in [2.75, 3.05) is 17.2 Å². The Morgan fingerprint density at radius 3 is 2.41 bits per heavy atom. The zero-order valence-electron chi connectivity index (χ0n) is 26.6. The molecule has 4 aromatic carbocycles. The van der Waals surface area contributed by atoms with Crippen molar-refractivity contribution in [3.8, 4) is 0 Å². The van der Waals surface area contributed by atoms with Crippen molar-refractivity contribution in [1.29, 1.82) is 0 Å². The Hall–Kier alpha value is -5.26. The van der Waals surface area contributed by atoms with Gasteiger partial charge in [0.05, 0.1) is 17.1 Å². The summed E-state index contributed by atoms with van der Waals surface area (Å²) in [6.07, 6.45) is 2.38. The largest absolute Gasteiger partial charge is 0.462 e. The Morgan fingerprint density at radius 1 is 0.939 bits per heavy atom. The van der Waals surface area contributed by atoms with Crippen molar-refractivity contribution in [2.24, 2.45) is 0 Å². The number of ether oxygens (including phenoxy) is 1. The zero-order chi connectivity index (χ0) is 34.3. The van der Waals surface area contributed by atoms with E-state index in [1.54, 1.807) is 25.1 Å². The van der Waals surface area contributed by atoms with E-state index in [2.05, 4.69) is 22.8 Å². The molecule has 0 fully saturated rings. The molecule has 1 aliphatic rings. The number of amides is 2. The summed E-state index contributed by atoms with van der Waals surface area (Å²) in [5.41, 5.74) is 3.85. The third kappa shape index (κ3) is 7.90. The average Bonchev–Trinajstić information content (AvgIpc) is 3.48. The van der Waals surface area contributed by atoms with Crippen molar-refractivity contribution in [3.63, 3.8) is 0 Å². The van der Waals surface area contributed by atoms with Gasteiger partial charge in [0.15, 0.2) is 0 Å². The summed E-state index contributed by atoms with van der Waals surface area (Å²) in [5.74, 6) is -0.912. The number of esters is 1. The number of non-ortho nitro benzene ring substituents is 1. The smallest absolute Gasteiger partial charge is 0.341 e. The fourth-order valence-electron chi connectivity index (χ4n) is 5.93. The number of nitrogens with zero attached hydrogens (tertiary/aromatic N) is 1. The summed E-state index contributed by atoms with van der Waals surface area (Å²) in [6.45, 7) is 1.99. The van der Waals surface area contributed by atoms with Crippen molar-refractivity contribution in [2.45, 2.75) is 42.2 Å². The zero-order valence-corrected chi connectivity index (χ0v) is 28.2. The predicted octanol–water partition coefficient (Wildman–Crippen LogP) is 8.83. The lowest BCUT2D eigenvalue weighted by Gasteiger charge is -2.23. The molecule has 49 heavy (non-hydrogen) atoms. The normalized spacial score (nSPS) is 14.3. The van der Waals surface area contributed by atoms with Crippen LogP contribution in [0.15, 0.2) is 114 Å². The van der Waals surface area contributed by atoms with E-state index in [0.29, 0.717) is 33.5 Å². The van der Waals surface area contributed by atoms with Gasteiger partial charge in [0.1, 0.15) is 10.3 Å². The first-order valence-corrected chi connectivity index (χ1v) is 17.5. The molecule has 0 bridgehead atoms. The highest BCUT2D eigenvalue weighted by atomic mass is 32.2. The number of anilines is 2. The SMILES string of the molecule is CCOC(=O)c1c(NC(=O)C(Sc2cccc(NC(=O)c3cccc([N+](=O)[O-])c3)c2)c2ccccc2)sc2c1CCC(c1ccccc1)C2. The lowest BCUT2D eigenvalue weighted by molar-refractivity contribution is -0.384. The third-order valence-electron chi connectivity index (χ3n) is 8.26. The van der Waals surface area contributed by atoms with Crippen LogP contribution in [-0.4, -0.2) is 29.3 Å². The van der Waals surface area contributed by atoms with E-state index in [1.165, 1.54) is 52.9 Å². The Kier molecular flexibility index (Phi) is 10.5. The lowest BCUT2D eigenvalue weighted by atomic mass is 9.83. The van der Waals surface area contributed by atoms with Gasteiger partial charge in [-0.15, -0.1) is 23.1 Å². The van der Waals surface area contributed by atoms with E-state index < -0.39 is 22.0 Å². The standard InChI is InChI=1S/C38H33N3O6S2/c1-2-47-38(44)33-31-20-19-26(24-11-5-3-6-12-24)22-32(31)49-37(33)40-36(43)34(25-13-7-4-8-14-25)48-30-18-10-16-28(23-30)39-35(42)27-15-9-17-29(21-27)41(45)46/h3-18,21,23,26,34H,2,19-20,22H2,1H3,(H,39,42)(H,40,43). The molecule has 6 rings (SSSR count). The van der Waals surface area contributed by atoms with E-state index in [1.807, 2.05) is 54.6 Å². The summed E-state index contributed by atoms with van der Waals surface area (Å²) in [4.78, 5) is 52.8. The lowest BCUT2D eigenvalue weighted by Crippen LogP contribution is -2.20. The molecule has 0 spiro atoms. The Morgan fingerprint density at radius 2 is 1.67 bits per heavy atom. The number of benzene rings is 4. The fraction of sp³-hybridized carbons (Fsp3) is 0.184. The van der Waals surface area contributed by atoms with E-state index >= 15 is 0 Å². The molecule has 0 aliphatic heterocycles. The molecule has 1 aliphatic carbocycles. The van der Waals surface area contributed by atoms with Gasteiger partial charge in [-0.3, -0.25) is 19.7 Å². The summed E-state index contributed by atoms with van der Waals surface area (Å²) >= 11 is 2.75. The van der Waals surface area contributed by atoms with Gasteiger partial charge in [-0.2, -0.15) is 0 Å². The molecule has 2 atom stereocenters. The summed E-state index contributed by atoms with van der Waals surface area (Å²) < 4.78 is 5.47. The first-order valence-electron chi connectivity index (χ1n) is 15.9. The van der Waals surface area contributed by atoms with E-state index in [9.17, 15) is 24.5 Å². The van der Waals surface area contributed by atoms with Gasteiger partial charge < -0.3 is 15.4 Å². The van der Waals surface area contributed by atoms with E-state index in [4.69, 9.17) is 4.74 Å². The Labute approximate surface area is 291 Å². The Balaban J connectivity index is 1.25. The number of thioether (sulfide) groups is 1. The molecule has 0 radical (unpaired) electrons. The molecule has 2 unspecified atom stereocenters. The number of hydrogen-bond acceptors (Lipinski definition) is 8. The minimum absolute atomic E-state index is 0.153. The Bertz CT molecular complexity index is 2000. The minimum atomic E-state index is -0.699. The number of hydrogen-bond donors (Lipinski definition) is 2. The monoisotopic (exact) mass is 691 g/mol. The van der Waals surface area contributed by atoms with Crippen LogP contribution in [0.5, 0.6) is 0 Å². The van der Waals surface area contributed by atoms with Gasteiger partial charge in [0.2, 0.25) is 5.91 Å². The highest BCUT2D eigenvalue weighted by Gasteiger charge is 2.32. The molecule has 1 aromatic heterocycles. The second-order valence-electron chi connectivity index (χ2n) is 11.5. The maximum absolute atomic E-state index is 14.2. The quantitative estimate of drug-likeness (QED) is 0.0613. The summed E-state index contributed by atoms with van der Waals surface area (Å²) in [7, 11) is 0. The molecule has 1 heterocycles. The molecule has 5 aromatic rings. The van der Waals surface area contributed by atoms with Crippen LogP contribution in [0.2, 0.25) is 0 Å².